The molecule has 1 N–H and O–H groups in total. The maximum absolute atomic E-state index is 12.5. The van der Waals surface area contributed by atoms with Crippen LogP contribution in [-0.2, 0) is 4.79 Å². The average Bonchev–Trinajstić information content (AvgIpc) is 2.20. The molecule has 0 bridgehead atoms. The third-order valence-corrected chi connectivity index (χ3v) is 2.26. The van der Waals surface area contributed by atoms with Gasteiger partial charge in [0.1, 0.15) is 11.2 Å². The Morgan fingerprint density at radius 1 is 1.50 bits per heavy atom. The summed E-state index contributed by atoms with van der Waals surface area (Å²) >= 11 is 5.71. The van der Waals surface area contributed by atoms with Gasteiger partial charge in [0.05, 0.1) is 0 Å². The summed E-state index contributed by atoms with van der Waals surface area (Å²) in [7, 11) is 0. The molecule has 0 fully saturated rings. The van der Waals surface area contributed by atoms with Gasteiger partial charge in [-0.1, -0.05) is 6.92 Å². The number of halogens is 2. The molecule has 0 heterocycles. The van der Waals surface area contributed by atoms with Crippen molar-refractivity contribution in [2.75, 3.05) is 5.32 Å². The molecule has 1 amide bonds. The molecular weight excluding hydrogens is 205 g/mol. The maximum Gasteiger partial charge on any atom is 0.242 e. The number of hydrogen-bond donors (Lipinski definition) is 1. The minimum absolute atomic E-state index is 0.263. The number of alkyl halides is 1. The van der Waals surface area contributed by atoms with Crippen molar-refractivity contribution in [2.45, 2.75) is 18.7 Å². The predicted molar refractivity (Wildman–Crippen MR) is 55.0 cm³/mol. The van der Waals surface area contributed by atoms with Crippen LogP contribution in [0, 0.1) is 5.82 Å². The van der Waals surface area contributed by atoms with Crippen molar-refractivity contribution in [3.8, 4) is 0 Å². The molecule has 0 aliphatic carbocycles. The van der Waals surface area contributed by atoms with E-state index in [2.05, 4.69) is 5.32 Å². The van der Waals surface area contributed by atoms with Gasteiger partial charge in [-0.3, -0.25) is 4.79 Å². The highest BCUT2D eigenvalue weighted by Crippen LogP contribution is 2.10. The lowest BCUT2D eigenvalue weighted by atomic mass is 10.2. The van der Waals surface area contributed by atoms with Gasteiger partial charge in [-0.15, -0.1) is 11.6 Å². The van der Waals surface area contributed by atoms with Crippen molar-refractivity contribution in [1.82, 2.24) is 0 Å². The molecule has 4 heteroatoms. The number of benzene rings is 1. The van der Waals surface area contributed by atoms with Crippen LogP contribution in [0.5, 0.6) is 0 Å². The number of hydrogen-bond acceptors (Lipinski definition) is 1. The summed E-state index contributed by atoms with van der Waals surface area (Å²) in [5.41, 5.74) is 0.551. The number of nitrogens with one attached hydrogen (secondary N) is 1. The molecule has 0 saturated carbocycles. The van der Waals surface area contributed by atoms with Crippen molar-refractivity contribution in [1.29, 1.82) is 0 Å². The molecule has 0 unspecified atom stereocenters. The van der Waals surface area contributed by atoms with Crippen LogP contribution in [0.3, 0.4) is 0 Å². The van der Waals surface area contributed by atoms with E-state index in [-0.39, 0.29) is 11.7 Å². The number of carbonyl (C=O) groups is 1. The molecule has 0 spiro atoms. The first-order valence-electron chi connectivity index (χ1n) is 4.34. The van der Waals surface area contributed by atoms with Crippen LogP contribution < -0.4 is 5.32 Å². The number of anilines is 1. The van der Waals surface area contributed by atoms with E-state index in [9.17, 15) is 9.18 Å². The third kappa shape index (κ3) is 3.00. The van der Waals surface area contributed by atoms with Crippen LogP contribution >= 0.6 is 11.6 Å². The topological polar surface area (TPSA) is 29.1 Å². The van der Waals surface area contributed by atoms with Crippen LogP contribution in [0.25, 0.3) is 0 Å². The van der Waals surface area contributed by atoms with Gasteiger partial charge in [-0.2, -0.15) is 0 Å². The smallest absolute Gasteiger partial charge is 0.242 e. The molecule has 1 atom stereocenters. The Hall–Kier alpha value is -1.09. The summed E-state index contributed by atoms with van der Waals surface area (Å²) in [6, 6.07) is 5.55. The summed E-state index contributed by atoms with van der Waals surface area (Å²) in [4.78, 5) is 11.3. The summed E-state index contributed by atoms with van der Waals surface area (Å²) in [6.45, 7) is 1.82. The first-order valence-corrected chi connectivity index (χ1v) is 4.77. The molecule has 1 aromatic carbocycles. The Bertz CT molecular complexity index is 312. The highest BCUT2D eigenvalue weighted by Gasteiger charge is 2.12. The van der Waals surface area contributed by atoms with Crippen LogP contribution in [0.4, 0.5) is 10.1 Å². The Balaban J connectivity index is 2.60. The van der Waals surface area contributed by atoms with Gasteiger partial charge in [0.25, 0.3) is 0 Å². The van der Waals surface area contributed by atoms with Gasteiger partial charge in [-0.05, 0) is 30.7 Å². The first-order chi connectivity index (χ1) is 6.63. The Morgan fingerprint density at radius 3 is 2.57 bits per heavy atom. The lowest BCUT2D eigenvalue weighted by Crippen LogP contribution is -2.22. The van der Waals surface area contributed by atoms with Crippen molar-refractivity contribution < 1.29 is 9.18 Å². The minimum Gasteiger partial charge on any atom is -0.325 e. The highest BCUT2D eigenvalue weighted by atomic mass is 35.5. The molecule has 1 aromatic rings. The largest absolute Gasteiger partial charge is 0.325 e. The normalized spacial score (nSPS) is 12.2. The Morgan fingerprint density at radius 2 is 2.07 bits per heavy atom. The average molecular weight is 216 g/mol. The fourth-order valence-electron chi connectivity index (χ4n) is 0.939. The molecule has 0 aromatic heterocycles. The van der Waals surface area contributed by atoms with Gasteiger partial charge < -0.3 is 5.32 Å². The SMILES string of the molecule is CC[C@H](Cl)C(=O)Nc1ccc(F)cc1. The zero-order valence-corrected chi connectivity index (χ0v) is 8.51. The predicted octanol–water partition coefficient (Wildman–Crippen LogP) is 2.78. The second-order valence-corrected chi connectivity index (χ2v) is 3.40. The summed E-state index contributed by atoms with van der Waals surface area (Å²) in [5, 5.41) is 2.04. The second kappa shape index (κ2) is 4.96. The van der Waals surface area contributed by atoms with E-state index in [0.717, 1.165) is 0 Å². The van der Waals surface area contributed by atoms with Crippen molar-refractivity contribution in [2.24, 2.45) is 0 Å². The fraction of sp³-hybridized carbons (Fsp3) is 0.300. The molecule has 0 radical (unpaired) electrons. The van der Waals surface area contributed by atoms with Crippen LogP contribution in [-0.4, -0.2) is 11.3 Å². The van der Waals surface area contributed by atoms with Gasteiger partial charge in [0.15, 0.2) is 0 Å². The van der Waals surface area contributed by atoms with Crippen molar-refractivity contribution in [3.63, 3.8) is 0 Å². The monoisotopic (exact) mass is 215 g/mol. The van der Waals surface area contributed by atoms with E-state index in [1.165, 1.54) is 24.3 Å². The Labute approximate surface area is 87.1 Å². The maximum atomic E-state index is 12.5. The molecule has 0 aliphatic rings. The van der Waals surface area contributed by atoms with E-state index in [1.54, 1.807) is 0 Å². The minimum atomic E-state index is -0.542. The van der Waals surface area contributed by atoms with Gasteiger partial charge in [0.2, 0.25) is 5.91 Å². The van der Waals surface area contributed by atoms with Crippen molar-refractivity contribution >= 4 is 23.2 Å². The molecular formula is C10H11ClFNO. The zero-order chi connectivity index (χ0) is 10.6. The lowest BCUT2D eigenvalue weighted by Gasteiger charge is -2.07. The van der Waals surface area contributed by atoms with Crippen molar-refractivity contribution in [3.05, 3.63) is 30.1 Å². The van der Waals surface area contributed by atoms with E-state index in [4.69, 9.17) is 11.6 Å². The second-order valence-electron chi connectivity index (χ2n) is 2.87. The van der Waals surface area contributed by atoms with E-state index >= 15 is 0 Å². The molecule has 2 nitrogen and oxygen atoms in total. The van der Waals surface area contributed by atoms with Gasteiger partial charge in [-0.25, -0.2) is 4.39 Å². The number of rotatable bonds is 3. The third-order valence-electron chi connectivity index (χ3n) is 1.75. The standard InChI is InChI=1S/C10H11ClFNO/c1-2-9(11)10(14)13-8-5-3-7(12)4-6-8/h3-6,9H,2H2,1H3,(H,13,14)/t9-/m0/s1. The number of carbonyl (C=O) groups excluding carboxylic acids is 1. The van der Waals surface area contributed by atoms with Crippen LogP contribution in [0.15, 0.2) is 24.3 Å². The lowest BCUT2D eigenvalue weighted by molar-refractivity contribution is -0.115. The van der Waals surface area contributed by atoms with Crippen LogP contribution in [0.1, 0.15) is 13.3 Å². The summed E-state index contributed by atoms with van der Waals surface area (Å²) in [5.74, 6) is -0.596. The molecule has 0 aliphatic heterocycles. The highest BCUT2D eigenvalue weighted by molar-refractivity contribution is 6.32. The van der Waals surface area contributed by atoms with E-state index < -0.39 is 5.38 Å². The molecule has 76 valence electrons. The molecule has 0 saturated heterocycles. The van der Waals surface area contributed by atoms with Crippen LogP contribution in [0.2, 0.25) is 0 Å². The van der Waals surface area contributed by atoms with Gasteiger partial charge in [0, 0.05) is 5.69 Å². The number of amides is 1. The molecule has 1 rings (SSSR count). The summed E-state index contributed by atoms with van der Waals surface area (Å²) in [6.07, 6.45) is 0.564. The van der Waals surface area contributed by atoms with E-state index in [1.807, 2.05) is 6.92 Å². The van der Waals surface area contributed by atoms with Gasteiger partial charge >= 0.3 is 0 Å². The fourth-order valence-corrected chi connectivity index (χ4v) is 0.994. The van der Waals surface area contributed by atoms with E-state index in [0.29, 0.717) is 12.1 Å². The first kappa shape index (κ1) is 11.0. The molecule has 14 heavy (non-hydrogen) atoms. The zero-order valence-electron chi connectivity index (χ0n) is 7.76. The summed E-state index contributed by atoms with van der Waals surface area (Å²) < 4.78 is 12.5. The quantitative estimate of drug-likeness (QED) is 0.772. The Kier molecular flexibility index (Phi) is 3.89.